The molecule has 4 nitrogen and oxygen atoms in total. The molecule has 1 fully saturated rings. The number of rotatable bonds is 3. The zero-order chi connectivity index (χ0) is 13.4. The Morgan fingerprint density at radius 1 is 1.41 bits per heavy atom. The van der Waals surface area contributed by atoms with E-state index >= 15 is 0 Å². The predicted octanol–water partition coefficient (Wildman–Crippen LogP) is 0.590. The van der Waals surface area contributed by atoms with Gasteiger partial charge in [-0.1, -0.05) is 20.8 Å². The molecular formula is C11H24BNO3Si. The second kappa shape index (κ2) is 5.01. The van der Waals surface area contributed by atoms with E-state index in [0.717, 1.165) is 0 Å². The highest BCUT2D eigenvalue weighted by Crippen LogP contribution is 2.39. The van der Waals surface area contributed by atoms with Crippen LogP contribution in [-0.4, -0.2) is 52.1 Å². The normalized spacial score (nSPS) is 35.2. The van der Waals surface area contributed by atoms with Crippen molar-refractivity contribution < 1.29 is 14.3 Å². The molecule has 0 spiro atoms. The van der Waals surface area contributed by atoms with Crippen molar-refractivity contribution in [2.45, 2.75) is 63.2 Å². The third-order valence-electron chi connectivity index (χ3n) is 3.88. The summed E-state index contributed by atoms with van der Waals surface area (Å²) in [5.74, 6) is 0. The Morgan fingerprint density at radius 3 is 2.29 bits per heavy atom. The highest BCUT2D eigenvalue weighted by Gasteiger charge is 2.46. The first-order valence-corrected chi connectivity index (χ1v) is 8.96. The first kappa shape index (κ1) is 15.2. The second-order valence-electron chi connectivity index (χ2n) is 6.24. The molecule has 0 bridgehead atoms. The van der Waals surface area contributed by atoms with Gasteiger partial charge in [-0.25, -0.2) is 0 Å². The van der Waals surface area contributed by atoms with Crippen molar-refractivity contribution in [3.05, 3.63) is 0 Å². The number of hydrogen-bond donors (Lipinski definition) is 2. The molecule has 1 aliphatic heterocycles. The van der Waals surface area contributed by atoms with Crippen LogP contribution in [0.2, 0.25) is 18.1 Å². The Morgan fingerprint density at radius 2 is 1.94 bits per heavy atom. The first-order valence-electron chi connectivity index (χ1n) is 6.05. The summed E-state index contributed by atoms with van der Waals surface area (Å²) >= 11 is 0. The van der Waals surface area contributed by atoms with Crippen molar-refractivity contribution in [2.24, 2.45) is 5.73 Å². The fourth-order valence-corrected chi connectivity index (χ4v) is 2.95. The molecule has 0 aromatic carbocycles. The van der Waals surface area contributed by atoms with Crippen LogP contribution in [0.1, 0.15) is 20.8 Å². The largest absolute Gasteiger partial charge is 0.410 e. The molecule has 1 rings (SSSR count). The van der Waals surface area contributed by atoms with Crippen LogP contribution >= 0.6 is 0 Å². The van der Waals surface area contributed by atoms with Gasteiger partial charge in [0.15, 0.2) is 8.32 Å². The van der Waals surface area contributed by atoms with Gasteiger partial charge >= 0.3 is 0 Å². The Bertz CT molecular complexity index is 270. The van der Waals surface area contributed by atoms with Crippen molar-refractivity contribution in [3.63, 3.8) is 0 Å². The smallest absolute Gasteiger partial charge is 0.192 e. The van der Waals surface area contributed by atoms with Gasteiger partial charge in [0.25, 0.3) is 0 Å². The molecule has 0 amide bonds. The van der Waals surface area contributed by atoms with E-state index < -0.39 is 20.4 Å². The van der Waals surface area contributed by atoms with E-state index in [4.69, 9.17) is 27.8 Å². The van der Waals surface area contributed by atoms with Crippen LogP contribution in [-0.2, 0) is 9.16 Å². The lowest BCUT2D eigenvalue weighted by Crippen LogP contribution is -2.52. The standard InChI is InChI=1S/C11H24BNO3Si/c1-11(2,3)17(4,5)16-9-8(13)7(6-14)15-10(9)12/h7-10,14H,6,13H2,1-5H3/t7-,8?,9?,10-/m1/s1. The van der Waals surface area contributed by atoms with Crippen molar-refractivity contribution in [1.82, 2.24) is 0 Å². The van der Waals surface area contributed by atoms with Crippen molar-refractivity contribution in [2.75, 3.05) is 6.61 Å². The molecule has 3 N–H and O–H groups in total. The monoisotopic (exact) mass is 257 g/mol. The van der Waals surface area contributed by atoms with E-state index in [0.29, 0.717) is 0 Å². The van der Waals surface area contributed by atoms with Gasteiger partial charge in [-0.3, -0.25) is 0 Å². The lowest BCUT2D eigenvalue weighted by Gasteiger charge is -2.40. The topological polar surface area (TPSA) is 64.7 Å². The molecule has 98 valence electrons. The molecule has 1 heterocycles. The van der Waals surface area contributed by atoms with E-state index in [1.807, 2.05) is 0 Å². The molecule has 4 atom stereocenters. The minimum absolute atomic E-state index is 0.101. The van der Waals surface area contributed by atoms with E-state index in [-0.39, 0.29) is 23.8 Å². The summed E-state index contributed by atoms with van der Waals surface area (Å²) in [7, 11) is 3.95. The molecule has 17 heavy (non-hydrogen) atoms. The van der Waals surface area contributed by atoms with Gasteiger partial charge < -0.3 is 20.0 Å². The number of nitrogens with two attached hydrogens (primary N) is 1. The summed E-state index contributed by atoms with van der Waals surface area (Å²) in [6.45, 7) is 10.7. The average Bonchev–Trinajstić information content (AvgIpc) is 2.43. The van der Waals surface area contributed by atoms with Crippen molar-refractivity contribution >= 4 is 16.2 Å². The molecule has 1 saturated heterocycles. The van der Waals surface area contributed by atoms with Gasteiger partial charge in [0.2, 0.25) is 0 Å². The Hall–Kier alpha value is 0.122. The van der Waals surface area contributed by atoms with Gasteiger partial charge in [0.05, 0.1) is 24.9 Å². The Labute approximate surface area is 106 Å². The maximum absolute atomic E-state index is 9.13. The highest BCUT2D eigenvalue weighted by molar-refractivity contribution is 6.74. The summed E-state index contributed by atoms with van der Waals surface area (Å²) in [6.07, 6.45) is -0.743. The lowest BCUT2D eigenvalue weighted by molar-refractivity contribution is 0.0301. The SMILES string of the molecule is [B][C@@H]1O[C@H](CO)C(N)C1O[Si](C)(C)C(C)(C)C. The quantitative estimate of drug-likeness (QED) is 0.726. The maximum Gasteiger partial charge on any atom is 0.192 e. The highest BCUT2D eigenvalue weighted by atomic mass is 28.4. The Kier molecular flexibility index (Phi) is 4.48. The lowest BCUT2D eigenvalue weighted by atomic mass is 9.92. The van der Waals surface area contributed by atoms with Gasteiger partial charge in [0.1, 0.15) is 7.85 Å². The molecule has 0 aromatic rings. The summed E-state index contributed by atoms with van der Waals surface area (Å²) < 4.78 is 11.6. The van der Waals surface area contributed by atoms with Crippen molar-refractivity contribution in [1.29, 1.82) is 0 Å². The van der Waals surface area contributed by atoms with Crippen LogP contribution in [0, 0.1) is 0 Å². The number of hydrogen-bond acceptors (Lipinski definition) is 4. The molecular weight excluding hydrogens is 233 g/mol. The van der Waals surface area contributed by atoms with Gasteiger partial charge in [-0.05, 0) is 18.1 Å². The summed E-state index contributed by atoms with van der Waals surface area (Å²) in [5.41, 5.74) is 6.01. The third kappa shape index (κ3) is 3.12. The average molecular weight is 257 g/mol. The predicted molar refractivity (Wildman–Crippen MR) is 71.5 cm³/mol. The van der Waals surface area contributed by atoms with E-state index in [9.17, 15) is 0 Å². The molecule has 2 radical (unpaired) electrons. The van der Waals surface area contributed by atoms with Crippen LogP contribution < -0.4 is 5.73 Å². The van der Waals surface area contributed by atoms with Crippen LogP contribution in [0.15, 0.2) is 0 Å². The zero-order valence-corrected chi connectivity index (χ0v) is 12.4. The molecule has 2 unspecified atom stereocenters. The summed E-state index contributed by atoms with van der Waals surface area (Å²) in [5, 5.41) is 9.23. The molecule has 6 heteroatoms. The first-order chi connectivity index (χ1) is 7.60. The molecule has 0 saturated carbocycles. The number of aliphatic hydroxyl groups excluding tert-OH is 1. The van der Waals surface area contributed by atoms with Crippen LogP contribution in [0.5, 0.6) is 0 Å². The molecule has 1 aliphatic rings. The third-order valence-corrected chi connectivity index (χ3v) is 8.36. The van der Waals surface area contributed by atoms with E-state index in [1.165, 1.54) is 0 Å². The summed E-state index contributed by atoms with van der Waals surface area (Å²) in [4.78, 5) is 0. The fraction of sp³-hybridized carbons (Fsp3) is 1.00. The maximum atomic E-state index is 9.13. The van der Waals surface area contributed by atoms with Gasteiger partial charge in [0, 0.05) is 6.00 Å². The number of ether oxygens (including phenoxy) is 1. The minimum atomic E-state index is -1.92. The van der Waals surface area contributed by atoms with Crippen LogP contribution in [0.25, 0.3) is 0 Å². The van der Waals surface area contributed by atoms with Crippen LogP contribution in [0.3, 0.4) is 0 Å². The second-order valence-corrected chi connectivity index (χ2v) is 11.0. The Balaban J connectivity index is 2.75. The molecule has 0 aromatic heterocycles. The van der Waals surface area contributed by atoms with E-state index in [2.05, 4.69) is 33.9 Å². The number of aliphatic hydroxyl groups is 1. The van der Waals surface area contributed by atoms with Gasteiger partial charge in [-0.2, -0.15) is 0 Å². The minimum Gasteiger partial charge on any atom is -0.410 e. The zero-order valence-electron chi connectivity index (χ0n) is 11.4. The summed E-state index contributed by atoms with van der Waals surface area (Å²) in [6, 6.07) is -0.902. The van der Waals surface area contributed by atoms with Gasteiger partial charge in [-0.15, -0.1) is 0 Å². The fourth-order valence-electron chi connectivity index (χ4n) is 1.63. The molecule has 0 aliphatic carbocycles. The van der Waals surface area contributed by atoms with Crippen LogP contribution in [0.4, 0.5) is 0 Å². The van der Waals surface area contributed by atoms with Crippen molar-refractivity contribution in [3.8, 4) is 0 Å². The van der Waals surface area contributed by atoms with E-state index in [1.54, 1.807) is 0 Å².